The van der Waals surface area contributed by atoms with E-state index < -0.39 is 0 Å². The highest BCUT2D eigenvalue weighted by molar-refractivity contribution is 5.54. The molecule has 5 rings (SSSR count). The lowest BCUT2D eigenvalue weighted by Crippen LogP contribution is -2.27. The maximum Gasteiger partial charge on any atom is 0.204 e. The Bertz CT molecular complexity index is 1230. The van der Waals surface area contributed by atoms with Gasteiger partial charge in [0.25, 0.3) is 0 Å². The van der Waals surface area contributed by atoms with Gasteiger partial charge >= 0.3 is 0 Å². The van der Waals surface area contributed by atoms with Gasteiger partial charge in [0.05, 0.1) is 12.2 Å². The molecule has 2 aromatic carbocycles. The van der Waals surface area contributed by atoms with Gasteiger partial charge < -0.3 is 10.1 Å². The summed E-state index contributed by atoms with van der Waals surface area (Å²) in [6, 6.07) is 23.3. The van der Waals surface area contributed by atoms with Crippen molar-refractivity contribution in [2.45, 2.75) is 58.7 Å². The maximum atomic E-state index is 5.87. The number of ether oxygens (including phenoxy) is 1. The van der Waals surface area contributed by atoms with Crippen LogP contribution in [-0.2, 0) is 26.0 Å². The average Bonchev–Trinajstić information content (AvgIpc) is 3.57. The number of hydrogen-bond donors (Lipinski definition) is 1. The van der Waals surface area contributed by atoms with Crippen molar-refractivity contribution in [3.8, 4) is 17.1 Å². The first-order chi connectivity index (χ1) is 17.5. The van der Waals surface area contributed by atoms with Crippen LogP contribution in [0.25, 0.3) is 11.4 Å². The Kier molecular flexibility index (Phi) is 7.37. The smallest absolute Gasteiger partial charge is 0.204 e. The van der Waals surface area contributed by atoms with Gasteiger partial charge in [-0.05, 0) is 78.2 Å². The van der Waals surface area contributed by atoms with E-state index in [1.54, 1.807) is 11.0 Å². The van der Waals surface area contributed by atoms with Crippen LogP contribution in [0.5, 0.6) is 5.75 Å². The minimum atomic E-state index is 0.119. The van der Waals surface area contributed by atoms with Crippen molar-refractivity contribution in [1.82, 2.24) is 30.5 Å². The van der Waals surface area contributed by atoms with Crippen molar-refractivity contribution in [3.63, 3.8) is 0 Å². The molecular formula is C29H34N6O. The molecule has 0 spiro atoms. The highest BCUT2D eigenvalue weighted by Gasteiger charge is 2.20. The Labute approximate surface area is 212 Å². The van der Waals surface area contributed by atoms with Crippen molar-refractivity contribution < 1.29 is 4.74 Å². The topological polar surface area (TPSA) is 77.8 Å². The number of nitrogens with zero attached hydrogens (tertiary/aromatic N) is 5. The third-order valence-corrected chi connectivity index (χ3v) is 6.61. The molecule has 0 saturated carbocycles. The molecule has 7 nitrogen and oxygen atoms in total. The van der Waals surface area contributed by atoms with Gasteiger partial charge in [0.15, 0.2) is 0 Å². The zero-order valence-electron chi connectivity index (χ0n) is 21.1. The summed E-state index contributed by atoms with van der Waals surface area (Å²) in [5.41, 5.74) is 4.66. The highest BCUT2D eigenvalue weighted by Crippen LogP contribution is 2.28. The van der Waals surface area contributed by atoms with Crippen LogP contribution in [0.3, 0.4) is 0 Å². The summed E-state index contributed by atoms with van der Waals surface area (Å²) in [6.45, 7) is 6.96. The van der Waals surface area contributed by atoms with E-state index in [9.17, 15) is 0 Å². The molecule has 1 aliphatic rings. The molecule has 1 fully saturated rings. The van der Waals surface area contributed by atoms with E-state index >= 15 is 0 Å². The molecule has 36 heavy (non-hydrogen) atoms. The maximum absolute atomic E-state index is 5.87. The number of tetrazole rings is 1. The summed E-state index contributed by atoms with van der Waals surface area (Å²) in [7, 11) is 0. The van der Waals surface area contributed by atoms with E-state index in [4.69, 9.17) is 4.74 Å². The first kappa shape index (κ1) is 24.1. The van der Waals surface area contributed by atoms with Crippen LogP contribution in [0.1, 0.15) is 43.5 Å². The highest BCUT2D eigenvalue weighted by atomic mass is 16.5. The van der Waals surface area contributed by atoms with Crippen molar-refractivity contribution in [2.24, 2.45) is 5.41 Å². The van der Waals surface area contributed by atoms with Gasteiger partial charge in [-0.1, -0.05) is 56.3 Å². The number of rotatable bonds is 10. The van der Waals surface area contributed by atoms with Gasteiger partial charge in [0.2, 0.25) is 5.82 Å². The molecule has 7 heteroatoms. The number of pyridine rings is 1. The molecule has 186 valence electrons. The second kappa shape index (κ2) is 11.0. The fourth-order valence-corrected chi connectivity index (χ4v) is 4.83. The van der Waals surface area contributed by atoms with Crippen LogP contribution in [0.15, 0.2) is 72.9 Å². The monoisotopic (exact) mass is 482 g/mol. The van der Waals surface area contributed by atoms with Crippen LogP contribution in [0, 0.1) is 5.41 Å². The molecule has 0 radical (unpaired) electrons. The van der Waals surface area contributed by atoms with Crippen molar-refractivity contribution in [1.29, 1.82) is 0 Å². The van der Waals surface area contributed by atoms with E-state index in [2.05, 4.69) is 76.0 Å². The fraction of sp³-hybridized carbons (Fsp3) is 0.379. The minimum absolute atomic E-state index is 0.119. The molecule has 1 N–H and O–H groups in total. The second-order valence-corrected chi connectivity index (χ2v) is 10.4. The van der Waals surface area contributed by atoms with Gasteiger partial charge in [0, 0.05) is 17.8 Å². The summed E-state index contributed by atoms with van der Waals surface area (Å²) in [5.74, 6) is 1.55. The van der Waals surface area contributed by atoms with Crippen molar-refractivity contribution in [3.05, 3.63) is 89.7 Å². The van der Waals surface area contributed by atoms with Gasteiger partial charge in [-0.2, -0.15) is 4.80 Å². The first-order valence-electron chi connectivity index (χ1n) is 12.7. The number of nitrogens with one attached hydrogen (secondary N) is 1. The quantitative estimate of drug-likeness (QED) is 0.347. The van der Waals surface area contributed by atoms with Gasteiger partial charge in [-0.25, -0.2) is 0 Å². The predicted molar refractivity (Wildman–Crippen MR) is 140 cm³/mol. The molecule has 1 aliphatic heterocycles. The standard InChI is InChI=1S/C29H34N6O/c1-29(2,19-23-10-14-27(15-11-23)36-21-26-6-3-4-16-31-26)18-22-8-12-24(13-9-22)28-32-34-35(33-28)20-25-7-5-17-30-25/h3-4,6,8-16,25,30H,5,7,17-21H2,1-2H3/t25-/m0/s1. The molecule has 0 aliphatic carbocycles. The summed E-state index contributed by atoms with van der Waals surface area (Å²) >= 11 is 0. The van der Waals surface area contributed by atoms with E-state index in [-0.39, 0.29) is 5.41 Å². The normalized spacial score (nSPS) is 15.8. The lowest BCUT2D eigenvalue weighted by Gasteiger charge is -2.25. The second-order valence-electron chi connectivity index (χ2n) is 10.4. The summed E-state index contributed by atoms with van der Waals surface area (Å²) < 4.78 is 5.87. The van der Waals surface area contributed by atoms with Crippen LogP contribution in [-0.4, -0.2) is 37.8 Å². The lowest BCUT2D eigenvalue weighted by atomic mass is 9.80. The zero-order chi connectivity index (χ0) is 24.8. The number of benzene rings is 2. The van der Waals surface area contributed by atoms with Gasteiger partial charge in [-0.3, -0.25) is 4.98 Å². The molecule has 1 saturated heterocycles. The Hall–Kier alpha value is -3.58. The fourth-order valence-electron chi connectivity index (χ4n) is 4.83. The molecule has 0 bridgehead atoms. The number of aromatic nitrogens is 5. The third kappa shape index (κ3) is 6.55. The molecule has 0 amide bonds. The Morgan fingerprint density at radius 2 is 1.72 bits per heavy atom. The van der Waals surface area contributed by atoms with E-state index in [0.717, 1.165) is 42.9 Å². The molecule has 2 aromatic heterocycles. The summed E-state index contributed by atoms with van der Waals surface area (Å²) in [4.78, 5) is 6.02. The molecule has 3 heterocycles. The largest absolute Gasteiger partial charge is 0.487 e. The molecule has 0 unspecified atom stereocenters. The zero-order valence-corrected chi connectivity index (χ0v) is 21.1. The summed E-state index contributed by atoms with van der Waals surface area (Å²) in [5, 5.41) is 16.6. The van der Waals surface area contributed by atoms with E-state index in [1.807, 2.05) is 30.3 Å². The third-order valence-electron chi connectivity index (χ3n) is 6.61. The van der Waals surface area contributed by atoms with Crippen LogP contribution >= 0.6 is 0 Å². The average molecular weight is 483 g/mol. The van der Waals surface area contributed by atoms with Gasteiger partial charge in [-0.15, -0.1) is 10.2 Å². The van der Waals surface area contributed by atoms with E-state index in [0.29, 0.717) is 18.5 Å². The molecular weight excluding hydrogens is 448 g/mol. The lowest BCUT2D eigenvalue weighted by molar-refractivity contribution is 0.301. The Balaban J connectivity index is 1.14. The molecule has 1 atom stereocenters. The van der Waals surface area contributed by atoms with Gasteiger partial charge in [0.1, 0.15) is 12.4 Å². The Morgan fingerprint density at radius 3 is 2.39 bits per heavy atom. The van der Waals surface area contributed by atoms with Crippen LogP contribution < -0.4 is 10.1 Å². The van der Waals surface area contributed by atoms with E-state index in [1.165, 1.54) is 24.0 Å². The minimum Gasteiger partial charge on any atom is -0.487 e. The molecule has 4 aromatic rings. The van der Waals surface area contributed by atoms with Crippen LogP contribution in [0.4, 0.5) is 0 Å². The SMILES string of the molecule is CC(C)(Cc1ccc(OCc2ccccn2)cc1)Cc1ccc(-c2nnn(C[C@@H]3CCCN3)n2)cc1. The Morgan fingerprint density at radius 1 is 0.972 bits per heavy atom. The predicted octanol–water partition coefficient (Wildman–Crippen LogP) is 4.88. The van der Waals surface area contributed by atoms with Crippen LogP contribution in [0.2, 0.25) is 0 Å². The first-order valence-corrected chi connectivity index (χ1v) is 12.7. The van der Waals surface area contributed by atoms with Crippen molar-refractivity contribution in [2.75, 3.05) is 6.54 Å². The summed E-state index contributed by atoms with van der Waals surface area (Å²) in [6.07, 6.45) is 6.15. The number of hydrogen-bond acceptors (Lipinski definition) is 6. The van der Waals surface area contributed by atoms with Crippen molar-refractivity contribution >= 4 is 0 Å².